The van der Waals surface area contributed by atoms with Crippen LogP contribution in [0.4, 0.5) is 0 Å². The van der Waals surface area contributed by atoms with Crippen LogP contribution in [0.3, 0.4) is 0 Å². The number of hydrogen-bond donors (Lipinski definition) is 0. The van der Waals surface area contributed by atoms with E-state index in [4.69, 9.17) is 9.15 Å². The van der Waals surface area contributed by atoms with Crippen LogP contribution in [-0.4, -0.2) is 5.97 Å². The SMILES string of the molecule is O=C1Cc2c(c3ccccc3oc2=O)O1. The molecule has 0 saturated carbocycles. The normalized spacial score (nSPS) is 14.0. The monoisotopic (exact) mass is 202 g/mol. The number of carbonyl (C=O) groups is 1. The van der Waals surface area contributed by atoms with Crippen LogP contribution in [0, 0.1) is 0 Å². The molecule has 2 heterocycles. The van der Waals surface area contributed by atoms with Gasteiger partial charge in [0.05, 0.1) is 17.4 Å². The molecule has 0 saturated heterocycles. The summed E-state index contributed by atoms with van der Waals surface area (Å²) in [6.07, 6.45) is 0.00248. The molecule has 1 aromatic carbocycles. The van der Waals surface area contributed by atoms with E-state index >= 15 is 0 Å². The first-order valence-corrected chi connectivity index (χ1v) is 4.51. The van der Waals surface area contributed by atoms with Gasteiger partial charge in [-0.05, 0) is 12.1 Å². The molecule has 4 heteroatoms. The van der Waals surface area contributed by atoms with Gasteiger partial charge in [0.15, 0.2) is 5.75 Å². The van der Waals surface area contributed by atoms with E-state index in [9.17, 15) is 9.59 Å². The Hall–Kier alpha value is -2.10. The number of benzene rings is 1. The number of fused-ring (bicyclic) bond motifs is 3. The molecular formula is C11H6O4. The largest absolute Gasteiger partial charge is 0.425 e. The average molecular weight is 202 g/mol. The summed E-state index contributed by atoms with van der Waals surface area (Å²) >= 11 is 0. The molecule has 74 valence electrons. The standard InChI is InChI=1S/C11H6O4/c12-9-5-7-10(15-9)6-3-1-2-4-8(6)14-11(7)13/h1-4H,5H2. The van der Waals surface area contributed by atoms with E-state index in [1.807, 2.05) is 0 Å². The quantitative estimate of drug-likeness (QED) is 0.476. The maximum atomic E-state index is 11.5. The summed E-state index contributed by atoms with van der Waals surface area (Å²) in [5.74, 6) is -0.0551. The Labute approximate surface area is 84.1 Å². The van der Waals surface area contributed by atoms with Gasteiger partial charge in [-0.25, -0.2) is 4.79 Å². The summed E-state index contributed by atoms with van der Waals surface area (Å²) in [7, 11) is 0. The number of para-hydroxylation sites is 1. The maximum Gasteiger partial charge on any atom is 0.343 e. The van der Waals surface area contributed by atoms with Crippen molar-refractivity contribution < 1.29 is 13.9 Å². The zero-order chi connectivity index (χ0) is 10.4. The summed E-state index contributed by atoms with van der Waals surface area (Å²) in [5, 5.41) is 0.665. The van der Waals surface area contributed by atoms with Crippen LogP contribution in [0.25, 0.3) is 11.0 Å². The van der Waals surface area contributed by atoms with E-state index in [1.165, 1.54) is 0 Å². The molecule has 2 aromatic rings. The van der Waals surface area contributed by atoms with Crippen LogP contribution >= 0.6 is 0 Å². The van der Waals surface area contributed by atoms with Crippen LogP contribution in [-0.2, 0) is 11.2 Å². The van der Waals surface area contributed by atoms with Gasteiger partial charge in [0.2, 0.25) is 0 Å². The van der Waals surface area contributed by atoms with Crippen molar-refractivity contribution in [1.29, 1.82) is 0 Å². The second-order valence-electron chi connectivity index (χ2n) is 3.34. The van der Waals surface area contributed by atoms with Crippen LogP contribution in [0.1, 0.15) is 5.56 Å². The van der Waals surface area contributed by atoms with Gasteiger partial charge in [0.25, 0.3) is 0 Å². The Balaban J connectivity index is 2.48. The Morgan fingerprint density at radius 2 is 1.93 bits per heavy atom. The number of carbonyl (C=O) groups excluding carboxylic acids is 1. The minimum atomic E-state index is -0.491. The molecule has 0 radical (unpaired) electrons. The van der Waals surface area contributed by atoms with Crippen LogP contribution in [0.5, 0.6) is 5.75 Å². The van der Waals surface area contributed by atoms with Crippen molar-refractivity contribution in [1.82, 2.24) is 0 Å². The Bertz CT molecular complexity index is 624. The maximum absolute atomic E-state index is 11.5. The van der Waals surface area contributed by atoms with Gasteiger partial charge in [-0.15, -0.1) is 0 Å². The Morgan fingerprint density at radius 3 is 2.80 bits per heavy atom. The predicted molar refractivity (Wildman–Crippen MR) is 51.8 cm³/mol. The van der Waals surface area contributed by atoms with Crippen molar-refractivity contribution in [2.24, 2.45) is 0 Å². The lowest BCUT2D eigenvalue weighted by atomic mass is 10.1. The number of rotatable bonds is 0. The summed E-state index contributed by atoms with van der Waals surface area (Å²) in [5.41, 5.74) is 0.268. The Kier molecular flexibility index (Phi) is 1.48. The van der Waals surface area contributed by atoms with Gasteiger partial charge in [-0.2, -0.15) is 0 Å². The highest BCUT2D eigenvalue weighted by Gasteiger charge is 2.27. The van der Waals surface area contributed by atoms with E-state index in [0.29, 0.717) is 22.3 Å². The first kappa shape index (κ1) is 8.23. The molecule has 0 atom stereocenters. The fourth-order valence-corrected chi connectivity index (χ4v) is 1.72. The smallest absolute Gasteiger partial charge is 0.343 e. The molecule has 0 spiro atoms. The van der Waals surface area contributed by atoms with Crippen LogP contribution in [0.2, 0.25) is 0 Å². The molecule has 0 unspecified atom stereocenters. The summed E-state index contributed by atoms with van der Waals surface area (Å²) in [6, 6.07) is 6.99. The lowest BCUT2D eigenvalue weighted by Gasteiger charge is -2.00. The molecule has 3 rings (SSSR count). The third kappa shape index (κ3) is 1.08. The molecule has 1 aromatic heterocycles. The highest BCUT2D eigenvalue weighted by molar-refractivity contribution is 5.92. The lowest BCUT2D eigenvalue weighted by molar-refractivity contribution is -0.131. The van der Waals surface area contributed by atoms with Gasteiger partial charge < -0.3 is 9.15 Å². The van der Waals surface area contributed by atoms with Crippen molar-refractivity contribution in [3.05, 3.63) is 40.2 Å². The number of esters is 1. The van der Waals surface area contributed by atoms with Gasteiger partial charge in [-0.3, -0.25) is 4.79 Å². The summed E-state index contributed by atoms with van der Waals surface area (Å²) < 4.78 is 10.1. The van der Waals surface area contributed by atoms with Gasteiger partial charge >= 0.3 is 11.6 Å². The second kappa shape index (κ2) is 2.70. The summed E-state index contributed by atoms with van der Waals surface area (Å²) in [4.78, 5) is 22.6. The average Bonchev–Trinajstić information content (AvgIpc) is 2.61. The predicted octanol–water partition coefficient (Wildman–Crippen LogP) is 1.25. The van der Waals surface area contributed by atoms with Crippen LogP contribution < -0.4 is 10.4 Å². The van der Waals surface area contributed by atoms with E-state index in [2.05, 4.69) is 0 Å². The zero-order valence-corrected chi connectivity index (χ0v) is 7.65. The van der Waals surface area contributed by atoms with Gasteiger partial charge in [0, 0.05) is 0 Å². The van der Waals surface area contributed by atoms with Crippen molar-refractivity contribution in [2.45, 2.75) is 6.42 Å². The lowest BCUT2D eigenvalue weighted by Crippen LogP contribution is -2.05. The van der Waals surface area contributed by atoms with Crippen molar-refractivity contribution in [2.75, 3.05) is 0 Å². The molecule has 15 heavy (non-hydrogen) atoms. The molecule has 0 amide bonds. The third-order valence-electron chi connectivity index (χ3n) is 2.39. The highest BCUT2D eigenvalue weighted by atomic mass is 16.5. The number of hydrogen-bond acceptors (Lipinski definition) is 4. The van der Waals surface area contributed by atoms with Crippen molar-refractivity contribution >= 4 is 16.9 Å². The fraction of sp³-hybridized carbons (Fsp3) is 0.0909. The van der Waals surface area contributed by atoms with E-state index in [-0.39, 0.29) is 6.42 Å². The molecule has 1 aliphatic heterocycles. The van der Waals surface area contributed by atoms with Crippen LogP contribution in [0.15, 0.2) is 33.5 Å². The molecule has 0 bridgehead atoms. The van der Waals surface area contributed by atoms with E-state index in [1.54, 1.807) is 24.3 Å². The molecule has 0 N–H and O–H groups in total. The molecule has 0 aliphatic carbocycles. The molecule has 4 nitrogen and oxygen atoms in total. The third-order valence-corrected chi connectivity index (χ3v) is 2.39. The summed E-state index contributed by atoms with van der Waals surface area (Å²) in [6.45, 7) is 0. The number of ether oxygens (including phenoxy) is 1. The first-order valence-electron chi connectivity index (χ1n) is 4.51. The van der Waals surface area contributed by atoms with Gasteiger partial charge in [-0.1, -0.05) is 12.1 Å². The van der Waals surface area contributed by atoms with Crippen molar-refractivity contribution in [3.63, 3.8) is 0 Å². The molecular weight excluding hydrogens is 196 g/mol. The van der Waals surface area contributed by atoms with Crippen molar-refractivity contribution in [3.8, 4) is 5.75 Å². The minimum absolute atomic E-state index is 0.00248. The Morgan fingerprint density at radius 1 is 1.13 bits per heavy atom. The molecule has 0 fully saturated rings. The highest BCUT2D eigenvalue weighted by Crippen LogP contribution is 2.31. The fourth-order valence-electron chi connectivity index (χ4n) is 1.72. The second-order valence-corrected chi connectivity index (χ2v) is 3.34. The molecule has 1 aliphatic rings. The van der Waals surface area contributed by atoms with E-state index in [0.717, 1.165) is 0 Å². The topological polar surface area (TPSA) is 56.5 Å². The minimum Gasteiger partial charge on any atom is -0.425 e. The van der Waals surface area contributed by atoms with E-state index < -0.39 is 11.6 Å². The zero-order valence-electron chi connectivity index (χ0n) is 7.65. The first-order chi connectivity index (χ1) is 7.25. The van der Waals surface area contributed by atoms with Gasteiger partial charge in [0.1, 0.15) is 5.58 Å².